The Kier molecular flexibility index (Phi) is 8.58. The molecule has 0 aliphatic rings. The highest BCUT2D eigenvalue weighted by atomic mass is 32.2. The SMILES string of the molecule is Cc1ccc(S(=O)(=O)NC(c2cccc(C)c2)C(N=C(c2ccccc2)c2ccccc2)c2cccc(C)c2)cc1. The molecular formula is C36H34N2O2S. The summed E-state index contributed by atoms with van der Waals surface area (Å²) in [5.41, 5.74) is 7.60. The van der Waals surface area contributed by atoms with Crippen molar-refractivity contribution in [3.05, 3.63) is 172 Å². The van der Waals surface area contributed by atoms with Crippen LogP contribution in [-0.2, 0) is 10.0 Å². The van der Waals surface area contributed by atoms with Crippen LogP contribution in [0, 0.1) is 20.8 Å². The van der Waals surface area contributed by atoms with E-state index in [1.807, 2.05) is 136 Å². The van der Waals surface area contributed by atoms with E-state index >= 15 is 0 Å². The highest BCUT2D eigenvalue weighted by Crippen LogP contribution is 2.36. The third kappa shape index (κ3) is 6.88. The van der Waals surface area contributed by atoms with E-state index in [0.717, 1.165) is 44.7 Å². The summed E-state index contributed by atoms with van der Waals surface area (Å²) >= 11 is 0. The van der Waals surface area contributed by atoms with Gasteiger partial charge in [-0.3, -0.25) is 4.99 Å². The van der Waals surface area contributed by atoms with Crippen LogP contribution in [0.25, 0.3) is 0 Å². The number of rotatable bonds is 9. The zero-order valence-corrected chi connectivity index (χ0v) is 24.3. The molecule has 5 rings (SSSR count). The Morgan fingerprint density at radius 3 is 1.63 bits per heavy atom. The summed E-state index contributed by atoms with van der Waals surface area (Å²) in [5, 5.41) is 0. The molecule has 0 aliphatic heterocycles. The molecule has 5 heteroatoms. The summed E-state index contributed by atoms with van der Waals surface area (Å²) < 4.78 is 30.8. The van der Waals surface area contributed by atoms with Crippen molar-refractivity contribution in [3.8, 4) is 0 Å². The average molecular weight is 559 g/mol. The lowest BCUT2D eigenvalue weighted by Gasteiger charge is -2.28. The number of nitrogens with zero attached hydrogens (tertiary/aromatic N) is 1. The molecule has 206 valence electrons. The van der Waals surface area contributed by atoms with Gasteiger partial charge in [-0.1, -0.05) is 138 Å². The predicted octanol–water partition coefficient (Wildman–Crippen LogP) is 7.91. The van der Waals surface area contributed by atoms with Gasteiger partial charge >= 0.3 is 0 Å². The van der Waals surface area contributed by atoms with Gasteiger partial charge in [0.25, 0.3) is 0 Å². The highest BCUT2D eigenvalue weighted by Gasteiger charge is 2.31. The Bertz CT molecular complexity index is 1710. The molecule has 41 heavy (non-hydrogen) atoms. The number of aliphatic imine (C=N–C) groups is 1. The van der Waals surface area contributed by atoms with Crippen LogP contribution in [0.5, 0.6) is 0 Å². The zero-order valence-electron chi connectivity index (χ0n) is 23.5. The molecule has 0 saturated carbocycles. The maximum absolute atomic E-state index is 13.9. The molecule has 2 unspecified atom stereocenters. The minimum absolute atomic E-state index is 0.221. The molecule has 1 N–H and O–H groups in total. The van der Waals surface area contributed by atoms with Gasteiger partial charge in [0.1, 0.15) is 0 Å². The Balaban J connectivity index is 1.75. The van der Waals surface area contributed by atoms with Crippen LogP contribution >= 0.6 is 0 Å². The summed E-state index contributed by atoms with van der Waals surface area (Å²) in [6.07, 6.45) is 0. The number of hydrogen-bond donors (Lipinski definition) is 1. The zero-order chi connectivity index (χ0) is 28.8. The van der Waals surface area contributed by atoms with Gasteiger partial charge in [-0.2, -0.15) is 0 Å². The van der Waals surface area contributed by atoms with Crippen LogP contribution < -0.4 is 4.72 Å². The van der Waals surface area contributed by atoms with Gasteiger partial charge in [0.15, 0.2) is 0 Å². The topological polar surface area (TPSA) is 58.5 Å². The summed E-state index contributed by atoms with van der Waals surface area (Å²) in [5.74, 6) is 0. The van der Waals surface area contributed by atoms with Gasteiger partial charge in [0.2, 0.25) is 10.0 Å². The Morgan fingerprint density at radius 1 is 0.585 bits per heavy atom. The standard InChI is InChI=1S/C36H34N2O2S/c1-26-20-22-33(23-21-26)41(39,40)38-36(32-19-11-13-28(3)25-32)35(31-18-10-12-27(2)24-31)37-34(29-14-6-4-7-15-29)30-16-8-5-9-17-30/h4-25,35-36,38H,1-3H3. The van der Waals surface area contributed by atoms with Crippen LogP contribution in [0.2, 0.25) is 0 Å². The Morgan fingerprint density at radius 2 is 1.10 bits per heavy atom. The second kappa shape index (κ2) is 12.5. The van der Waals surface area contributed by atoms with Crippen LogP contribution in [0.4, 0.5) is 0 Å². The monoisotopic (exact) mass is 558 g/mol. The summed E-state index contributed by atoms with van der Waals surface area (Å²) in [6.45, 7) is 5.99. The summed E-state index contributed by atoms with van der Waals surface area (Å²) in [7, 11) is -3.88. The molecule has 0 aliphatic carbocycles. The van der Waals surface area contributed by atoms with Gasteiger partial charge in [0.05, 0.1) is 22.7 Å². The lowest BCUT2D eigenvalue weighted by atomic mass is 9.92. The fourth-order valence-corrected chi connectivity index (χ4v) is 6.20. The first-order valence-electron chi connectivity index (χ1n) is 13.7. The van der Waals surface area contributed by atoms with E-state index in [4.69, 9.17) is 4.99 Å². The maximum Gasteiger partial charge on any atom is 0.241 e. The van der Waals surface area contributed by atoms with E-state index in [9.17, 15) is 8.42 Å². The van der Waals surface area contributed by atoms with Gasteiger partial charge in [-0.05, 0) is 44.0 Å². The Hall–Kier alpha value is -4.32. The number of sulfonamides is 1. The van der Waals surface area contributed by atoms with Crippen molar-refractivity contribution in [1.29, 1.82) is 0 Å². The number of aryl methyl sites for hydroxylation is 3. The van der Waals surface area contributed by atoms with E-state index in [1.54, 1.807) is 12.1 Å². The van der Waals surface area contributed by atoms with E-state index < -0.39 is 22.1 Å². The lowest BCUT2D eigenvalue weighted by molar-refractivity contribution is 0.505. The van der Waals surface area contributed by atoms with E-state index in [-0.39, 0.29) is 4.90 Å². The van der Waals surface area contributed by atoms with Crippen molar-refractivity contribution in [2.75, 3.05) is 0 Å². The van der Waals surface area contributed by atoms with Crippen molar-refractivity contribution >= 4 is 15.7 Å². The molecule has 0 fully saturated rings. The molecule has 0 heterocycles. The first kappa shape index (κ1) is 28.2. The van der Waals surface area contributed by atoms with E-state index in [1.165, 1.54) is 0 Å². The smallest absolute Gasteiger partial charge is 0.241 e. The average Bonchev–Trinajstić information content (AvgIpc) is 2.98. The van der Waals surface area contributed by atoms with Crippen LogP contribution in [0.1, 0.15) is 51.0 Å². The molecule has 5 aromatic carbocycles. The van der Waals surface area contributed by atoms with Crippen molar-refractivity contribution in [2.45, 2.75) is 37.8 Å². The quantitative estimate of drug-likeness (QED) is 0.187. The van der Waals surface area contributed by atoms with Crippen molar-refractivity contribution in [1.82, 2.24) is 4.72 Å². The van der Waals surface area contributed by atoms with Gasteiger partial charge in [0, 0.05) is 11.1 Å². The molecule has 0 amide bonds. The summed E-state index contributed by atoms with van der Waals surface area (Å²) in [6, 6.07) is 41.9. The van der Waals surface area contributed by atoms with Gasteiger partial charge in [-0.15, -0.1) is 0 Å². The third-order valence-electron chi connectivity index (χ3n) is 7.08. The predicted molar refractivity (Wildman–Crippen MR) is 168 cm³/mol. The Labute approximate surface area is 243 Å². The fraction of sp³-hybridized carbons (Fsp3) is 0.139. The minimum atomic E-state index is -3.88. The highest BCUT2D eigenvalue weighted by molar-refractivity contribution is 7.89. The molecular weight excluding hydrogens is 524 g/mol. The minimum Gasteiger partial charge on any atom is -0.274 e. The molecule has 0 bridgehead atoms. The molecule has 0 spiro atoms. The van der Waals surface area contributed by atoms with Crippen molar-refractivity contribution in [3.63, 3.8) is 0 Å². The van der Waals surface area contributed by atoms with Crippen LogP contribution in [0.15, 0.2) is 143 Å². The second-order valence-electron chi connectivity index (χ2n) is 10.4. The molecule has 0 aromatic heterocycles. The van der Waals surface area contributed by atoms with Gasteiger partial charge in [-0.25, -0.2) is 13.1 Å². The molecule has 0 saturated heterocycles. The normalized spacial score (nSPS) is 12.9. The van der Waals surface area contributed by atoms with Crippen molar-refractivity contribution < 1.29 is 8.42 Å². The molecule has 0 radical (unpaired) electrons. The van der Waals surface area contributed by atoms with E-state index in [0.29, 0.717) is 0 Å². The van der Waals surface area contributed by atoms with Crippen LogP contribution in [-0.4, -0.2) is 14.1 Å². The summed E-state index contributed by atoms with van der Waals surface area (Å²) in [4.78, 5) is 5.64. The molecule has 4 nitrogen and oxygen atoms in total. The lowest BCUT2D eigenvalue weighted by Crippen LogP contribution is -2.33. The molecule has 2 atom stereocenters. The number of benzene rings is 5. The first-order chi connectivity index (χ1) is 19.8. The third-order valence-corrected chi connectivity index (χ3v) is 8.53. The van der Waals surface area contributed by atoms with Crippen molar-refractivity contribution in [2.24, 2.45) is 4.99 Å². The second-order valence-corrected chi connectivity index (χ2v) is 12.1. The van der Waals surface area contributed by atoms with E-state index in [2.05, 4.69) is 10.8 Å². The first-order valence-corrected chi connectivity index (χ1v) is 15.2. The number of nitrogens with one attached hydrogen (secondary N) is 1. The molecule has 5 aromatic rings. The fourth-order valence-electron chi connectivity index (χ4n) is 4.97. The maximum atomic E-state index is 13.9. The van der Waals surface area contributed by atoms with Crippen LogP contribution in [0.3, 0.4) is 0 Å². The van der Waals surface area contributed by atoms with Gasteiger partial charge < -0.3 is 0 Å². The number of hydrogen-bond acceptors (Lipinski definition) is 3. The largest absolute Gasteiger partial charge is 0.274 e.